The first kappa shape index (κ1) is 12.4. The predicted octanol–water partition coefficient (Wildman–Crippen LogP) is 1.98. The lowest BCUT2D eigenvalue weighted by Gasteiger charge is -2.09. The van der Waals surface area contributed by atoms with Crippen LogP contribution in [-0.2, 0) is 0 Å². The minimum absolute atomic E-state index is 0.104. The highest BCUT2D eigenvalue weighted by Crippen LogP contribution is 2.21. The molecule has 0 atom stereocenters. The lowest BCUT2D eigenvalue weighted by atomic mass is 10.2. The number of nitrogen functional groups attached to an aromatic ring is 1. The summed E-state index contributed by atoms with van der Waals surface area (Å²) in [5, 5.41) is 20.6. The summed E-state index contributed by atoms with van der Waals surface area (Å²) in [5.41, 5.74) is 7.04. The zero-order valence-corrected chi connectivity index (χ0v) is 9.79. The molecule has 0 fully saturated rings. The van der Waals surface area contributed by atoms with E-state index in [-0.39, 0.29) is 11.5 Å². The molecule has 6 nitrogen and oxygen atoms in total. The largest absolute Gasteiger partial charge is 0.477 e. The second-order valence-corrected chi connectivity index (χ2v) is 3.76. The number of hydrogen-bond donors (Lipinski definition) is 3. The second-order valence-electron chi connectivity index (χ2n) is 3.76. The molecule has 0 saturated carbocycles. The first-order valence-corrected chi connectivity index (χ1v) is 5.37. The average Bonchev–Trinajstić information content (AvgIpc) is 2.41. The van der Waals surface area contributed by atoms with E-state index in [9.17, 15) is 4.79 Å². The molecular weight excluding hydrogens is 244 g/mol. The highest BCUT2D eigenvalue weighted by molar-refractivity contribution is 5.87. The number of rotatable bonds is 3. The minimum atomic E-state index is -1.13. The maximum absolute atomic E-state index is 10.8. The highest BCUT2D eigenvalue weighted by Gasteiger charge is 2.09. The fourth-order valence-corrected chi connectivity index (χ4v) is 1.49. The Morgan fingerprint density at radius 2 is 2.16 bits per heavy atom. The van der Waals surface area contributed by atoms with Crippen molar-refractivity contribution in [2.75, 3.05) is 11.1 Å². The zero-order chi connectivity index (χ0) is 13.8. The van der Waals surface area contributed by atoms with Gasteiger partial charge in [-0.15, -0.1) is 0 Å². The summed E-state index contributed by atoms with van der Waals surface area (Å²) in [4.78, 5) is 14.7. The number of nitriles is 1. The van der Waals surface area contributed by atoms with Crippen LogP contribution in [0.25, 0.3) is 0 Å². The minimum Gasteiger partial charge on any atom is -0.477 e. The van der Waals surface area contributed by atoms with Crippen molar-refractivity contribution in [3.63, 3.8) is 0 Å². The molecule has 2 aromatic rings. The molecule has 0 spiro atoms. The standard InChI is InChI=1S/C13H10N4O2/c14-7-8-2-1-3-9(6-8)16-12-10(15)4-5-11(17-12)13(18)19/h1-6H,15H2,(H,16,17)(H,18,19). The molecule has 0 aliphatic rings. The molecule has 0 saturated heterocycles. The Morgan fingerprint density at radius 1 is 1.37 bits per heavy atom. The molecule has 19 heavy (non-hydrogen) atoms. The Balaban J connectivity index is 2.34. The molecule has 0 radical (unpaired) electrons. The molecule has 4 N–H and O–H groups in total. The summed E-state index contributed by atoms with van der Waals surface area (Å²) in [7, 11) is 0. The Bertz CT molecular complexity index is 677. The summed E-state index contributed by atoms with van der Waals surface area (Å²) in [5.74, 6) is -0.885. The smallest absolute Gasteiger partial charge is 0.354 e. The van der Waals surface area contributed by atoms with Crippen LogP contribution >= 0.6 is 0 Å². The summed E-state index contributed by atoms with van der Waals surface area (Å²) in [6.45, 7) is 0. The third kappa shape index (κ3) is 2.79. The van der Waals surface area contributed by atoms with E-state index in [0.717, 1.165) is 0 Å². The topological polar surface area (TPSA) is 112 Å². The van der Waals surface area contributed by atoms with E-state index in [2.05, 4.69) is 10.3 Å². The molecule has 1 aromatic heterocycles. The van der Waals surface area contributed by atoms with Crippen molar-refractivity contribution in [3.8, 4) is 6.07 Å². The van der Waals surface area contributed by atoms with Crippen LogP contribution < -0.4 is 11.1 Å². The van der Waals surface area contributed by atoms with Crippen LogP contribution in [0, 0.1) is 11.3 Å². The van der Waals surface area contributed by atoms with Crippen molar-refractivity contribution >= 4 is 23.2 Å². The fraction of sp³-hybridized carbons (Fsp3) is 0. The van der Waals surface area contributed by atoms with Gasteiger partial charge in [0.15, 0.2) is 11.5 Å². The Hall–Kier alpha value is -3.07. The van der Waals surface area contributed by atoms with Gasteiger partial charge in [0.1, 0.15) is 0 Å². The van der Waals surface area contributed by atoms with Crippen molar-refractivity contribution in [3.05, 3.63) is 47.7 Å². The number of aromatic nitrogens is 1. The number of nitrogens with zero attached hydrogens (tertiary/aromatic N) is 2. The number of aromatic carboxylic acids is 1. The first-order chi connectivity index (χ1) is 9.10. The van der Waals surface area contributed by atoms with E-state index in [1.54, 1.807) is 24.3 Å². The maximum atomic E-state index is 10.8. The number of nitrogens with one attached hydrogen (secondary N) is 1. The predicted molar refractivity (Wildman–Crippen MR) is 70.0 cm³/mol. The average molecular weight is 254 g/mol. The van der Waals surface area contributed by atoms with Crippen molar-refractivity contribution < 1.29 is 9.90 Å². The molecule has 1 aromatic carbocycles. The van der Waals surface area contributed by atoms with Gasteiger partial charge in [-0.1, -0.05) is 6.07 Å². The van der Waals surface area contributed by atoms with Gasteiger partial charge < -0.3 is 16.2 Å². The highest BCUT2D eigenvalue weighted by atomic mass is 16.4. The number of nitrogens with two attached hydrogens (primary N) is 1. The number of benzene rings is 1. The number of anilines is 3. The third-order valence-electron chi connectivity index (χ3n) is 2.40. The summed E-state index contributed by atoms with van der Waals surface area (Å²) in [6.07, 6.45) is 0. The van der Waals surface area contributed by atoms with E-state index in [0.29, 0.717) is 16.9 Å². The molecule has 2 rings (SSSR count). The molecule has 6 heteroatoms. The number of carboxylic acids is 1. The second kappa shape index (κ2) is 5.06. The van der Waals surface area contributed by atoms with E-state index >= 15 is 0 Å². The van der Waals surface area contributed by atoms with Gasteiger partial charge in [0, 0.05) is 5.69 Å². The van der Waals surface area contributed by atoms with Gasteiger partial charge in [-0.25, -0.2) is 9.78 Å². The van der Waals surface area contributed by atoms with Gasteiger partial charge in [-0.2, -0.15) is 5.26 Å². The molecule has 0 unspecified atom stereocenters. The SMILES string of the molecule is N#Cc1cccc(Nc2nc(C(=O)O)ccc2N)c1. The van der Waals surface area contributed by atoms with Crippen LogP contribution in [0.3, 0.4) is 0 Å². The Morgan fingerprint density at radius 3 is 2.84 bits per heavy atom. The van der Waals surface area contributed by atoms with Crippen molar-refractivity contribution in [2.45, 2.75) is 0 Å². The molecule has 1 heterocycles. The number of carboxylic acid groups (broad SMARTS) is 1. The van der Waals surface area contributed by atoms with Crippen LogP contribution in [0.1, 0.15) is 16.1 Å². The zero-order valence-electron chi connectivity index (χ0n) is 9.79. The molecule has 0 aliphatic heterocycles. The summed E-state index contributed by atoms with van der Waals surface area (Å²) >= 11 is 0. The van der Waals surface area contributed by atoms with Crippen LogP contribution in [0.2, 0.25) is 0 Å². The first-order valence-electron chi connectivity index (χ1n) is 5.37. The van der Waals surface area contributed by atoms with Gasteiger partial charge in [-0.05, 0) is 30.3 Å². The van der Waals surface area contributed by atoms with Gasteiger partial charge >= 0.3 is 5.97 Å². The van der Waals surface area contributed by atoms with Crippen molar-refractivity contribution in [2.24, 2.45) is 0 Å². The monoisotopic (exact) mass is 254 g/mol. The van der Waals surface area contributed by atoms with Crippen LogP contribution in [0.15, 0.2) is 36.4 Å². The van der Waals surface area contributed by atoms with Gasteiger partial charge in [-0.3, -0.25) is 0 Å². The number of carbonyl (C=O) groups is 1. The Kier molecular flexibility index (Phi) is 3.30. The van der Waals surface area contributed by atoms with E-state index in [1.807, 2.05) is 6.07 Å². The van der Waals surface area contributed by atoms with Crippen LogP contribution in [0.5, 0.6) is 0 Å². The Labute approximate surface area is 109 Å². The number of hydrogen-bond acceptors (Lipinski definition) is 5. The normalized spacial score (nSPS) is 9.63. The van der Waals surface area contributed by atoms with Crippen molar-refractivity contribution in [1.29, 1.82) is 5.26 Å². The van der Waals surface area contributed by atoms with Gasteiger partial charge in [0.2, 0.25) is 0 Å². The fourth-order valence-electron chi connectivity index (χ4n) is 1.49. The van der Waals surface area contributed by atoms with Crippen LogP contribution in [0.4, 0.5) is 17.2 Å². The molecule has 0 aliphatic carbocycles. The molecule has 94 valence electrons. The van der Waals surface area contributed by atoms with E-state index < -0.39 is 5.97 Å². The maximum Gasteiger partial charge on any atom is 0.354 e. The quantitative estimate of drug-likeness (QED) is 0.772. The third-order valence-corrected chi connectivity index (χ3v) is 2.40. The summed E-state index contributed by atoms with van der Waals surface area (Å²) in [6, 6.07) is 11.5. The lowest BCUT2D eigenvalue weighted by Crippen LogP contribution is -2.05. The van der Waals surface area contributed by atoms with E-state index in [1.165, 1.54) is 12.1 Å². The number of pyridine rings is 1. The lowest BCUT2D eigenvalue weighted by molar-refractivity contribution is 0.0690. The van der Waals surface area contributed by atoms with Crippen molar-refractivity contribution in [1.82, 2.24) is 4.98 Å². The summed E-state index contributed by atoms with van der Waals surface area (Å²) < 4.78 is 0. The van der Waals surface area contributed by atoms with E-state index in [4.69, 9.17) is 16.1 Å². The van der Waals surface area contributed by atoms with Crippen LogP contribution in [-0.4, -0.2) is 16.1 Å². The molecule has 0 amide bonds. The molecular formula is C13H10N4O2. The van der Waals surface area contributed by atoms with Gasteiger partial charge in [0.05, 0.1) is 17.3 Å². The van der Waals surface area contributed by atoms with Gasteiger partial charge in [0.25, 0.3) is 0 Å². The molecule has 0 bridgehead atoms.